The zero-order valence-corrected chi connectivity index (χ0v) is 9.82. The van der Waals surface area contributed by atoms with E-state index < -0.39 is 23.0 Å². The van der Waals surface area contributed by atoms with Crippen molar-refractivity contribution in [3.05, 3.63) is 29.3 Å². The van der Waals surface area contributed by atoms with E-state index >= 15 is 0 Å². The molecule has 0 aliphatic carbocycles. The van der Waals surface area contributed by atoms with Crippen molar-refractivity contribution in [1.82, 2.24) is 0 Å². The summed E-state index contributed by atoms with van der Waals surface area (Å²) < 4.78 is 25.4. The number of benzene rings is 1. The van der Waals surface area contributed by atoms with Crippen LogP contribution in [0.25, 0.3) is 0 Å². The quantitative estimate of drug-likeness (QED) is 0.370. The van der Waals surface area contributed by atoms with Gasteiger partial charge in [0, 0.05) is 11.3 Å². The van der Waals surface area contributed by atoms with Crippen LogP contribution in [-0.2, 0) is 21.3 Å². The highest BCUT2D eigenvalue weighted by molar-refractivity contribution is 7.74. The Balaban J connectivity index is 3.19. The Morgan fingerprint density at radius 2 is 2.12 bits per heavy atom. The Morgan fingerprint density at radius 3 is 2.59 bits per heavy atom. The molecular weight excluding hydrogens is 246 g/mol. The van der Waals surface area contributed by atoms with E-state index in [-0.39, 0.29) is 16.8 Å². The van der Waals surface area contributed by atoms with E-state index in [9.17, 15) is 13.6 Å². The first-order valence-electron chi connectivity index (χ1n) is 4.51. The Morgan fingerprint density at radius 1 is 1.53 bits per heavy atom. The number of amides is 1. The van der Waals surface area contributed by atoms with Crippen molar-refractivity contribution in [3.63, 3.8) is 0 Å². The van der Waals surface area contributed by atoms with Crippen LogP contribution in [0.5, 0.6) is 0 Å². The van der Waals surface area contributed by atoms with E-state index in [1.54, 1.807) is 0 Å². The normalized spacial score (nSPS) is 16.2. The molecule has 0 radical (unpaired) electrons. The molecule has 0 heterocycles. The standard InChI is InChI=1S/C9H13N3O4S/c1-9(12,16-17(14)15)5-2-3-7(10)6(4-5)8(11)13/h2-4H,10,12H2,1H3,(H2,11,13)(H,14,15)/p-1. The molecule has 6 N–H and O–H groups in total. The maximum Gasteiger partial charge on any atom is 0.250 e. The lowest BCUT2D eigenvalue weighted by Gasteiger charge is -2.26. The Labute approximate surface area is 100 Å². The first kappa shape index (κ1) is 13.6. The highest BCUT2D eigenvalue weighted by Gasteiger charge is 2.24. The zero-order valence-electron chi connectivity index (χ0n) is 9.01. The number of anilines is 1. The van der Waals surface area contributed by atoms with Gasteiger partial charge in [0.1, 0.15) is 0 Å². The predicted octanol–water partition coefficient (Wildman–Crippen LogP) is -0.690. The van der Waals surface area contributed by atoms with Crippen LogP contribution in [0.4, 0.5) is 5.69 Å². The predicted molar refractivity (Wildman–Crippen MR) is 60.9 cm³/mol. The average Bonchev–Trinajstić information content (AvgIpc) is 2.15. The summed E-state index contributed by atoms with van der Waals surface area (Å²) in [6.07, 6.45) is 0. The maximum atomic E-state index is 11.1. The Kier molecular flexibility index (Phi) is 3.83. The summed E-state index contributed by atoms with van der Waals surface area (Å²) in [5.74, 6) is -0.733. The molecule has 0 aliphatic heterocycles. The van der Waals surface area contributed by atoms with Crippen LogP contribution in [0.15, 0.2) is 18.2 Å². The lowest BCUT2D eigenvalue weighted by atomic mass is 10.0. The minimum atomic E-state index is -2.78. The molecule has 2 atom stereocenters. The lowest BCUT2D eigenvalue weighted by molar-refractivity contribution is 0.0978. The molecule has 1 aromatic carbocycles. The molecule has 0 saturated heterocycles. The van der Waals surface area contributed by atoms with Crippen LogP contribution in [0.1, 0.15) is 22.8 Å². The van der Waals surface area contributed by atoms with Crippen molar-refractivity contribution < 1.29 is 17.7 Å². The van der Waals surface area contributed by atoms with Crippen LogP contribution < -0.4 is 17.2 Å². The van der Waals surface area contributed by atoms with Crippen LogP contribution in [0.2, 0.25) is 0 Å². The summed E-state index contributed by atoms with van der Waals surface area (Å²) in [6.45, 7) is 1.33. The van der Waals surface area contributed by atoms with Crippen LogP contribution in [0, 0.1) is 0 Å². The minimum absolute atomic E-state index is 0.0551. The summed E-state index contributed by atoms with van der Waals surface area (Å²) in [4.78, 5) is 11.1. The molecule has 7 nitrogen and oxygen atoms in total. The van der Waals surface area contributed by atoms with E-state index in [1.165, 1.54) is 25.1 Å². The molecule has 1 rings (SSSR count). The number of rotatable bonds is 4. The van der Waals surface area contributed by atoms with Crippen LogP contribution in [0.3, 0.4) is 0 Å². The largest absolute Gasteiger partial charge is 0.750 e. The van der Waals surface area contributed by atoms with Gasteiger partial charge in [0.15, 0.2) is 5.72 Å². The van der Waals surface area contributed by atoms with E-state index in [1.807, 2.05) is 0 Å². The van der Waals surface area contributed by atoms with Crippen LogP contribution in [-0.4, -0.2) is 14.7 Å². The van der Waals surface area contributed by atoms with Crippen molar-refractivity contribution in [2.75, 3.05) is 5.73 Å². The topological polar surface area (TPSA) is 144 Å². The molecule has 1 aromatic rings. The molecule has 0 aliphatic rings. The zero-order chi connectivity index (χ0) is 13.2. The summed E-state index contributed by atoms with van der Waals surface area (Å²) in [7, 11) is 0. The van der Waals surface area contributed by atoms with Gasteiger partial charge in [-0.1, -0.05) is 6.07 Å². The molecule has 0 aromatic heterocycles. The minimum Gasteiger partial charge on any atom is -0.750 e. The SMILES string of the molecule is CC(N)(OS(=O)[O-])c1ccc(N)c(C(N)=O)c1. The third-order valence-electron chi connectivity index (χ3n) is 2.13. The number of hydrogen-bond acceptors (Lipinski definition) is 6. The van der Waals surface area contributed by atoms with Gasteiger partial charge >= 0.3 is 0 Å². The molecule has 0 bridgehead atoms. The van der Waals surface area contributed by atoms with Crippen molar-refractivity contribution in [3.8, 4) is 0 Å². The molecule has 1 amide bonds. The first-order chi connectivity index (χ1) is 7.74. The number of hydrogen-bond donors (Lipinski definition) is 3. The summed E-state index contributed by atoms with van der Waals surface area (Å²) in [5.41, 5.74) is 15.2. The van der Waals surface area contributed by atoms with Gasteiger partial charge in [-0.3, -0.25) is 14.7 Å². The van der Waals surface area contributed by atoms with Gasteiger partial charge in [-0.2, -0.15) is 0 Å². The molecule has 0 saturated carbocycles. The van der Waals surface area contributed by atoms with E-state index in [0.717, 1.165) is 0 Å². The second-order valence-electron chi connectivity index (χ2n) is 3.56. The van der Waals surface area contributed by atoms with Crippen molar-refractivity contribution in [2.24, 2.45) is 11.5 Å². The smallest absolute Gasteiger partial charge is 0.250 e. The highest BCUT2D eigenvalue weighted by Crippen LogP contribution is 2.23. The fourth-order valence-electron chi connectivity index (χ4n) is 1.27. The number of carbonyl (C=O) groups excluding carboxylic acids is 1. The molecule has 0 spiro atoms. The fraction of sp³-hybridized carbons (Fsp3) is 0.222. The molecule has 0 fully saturated rings. The number of nitrogen functional groups attached to an aromatic ring is 1. The number of carbonyl (C=O) groups is 1. The Bertz CT molecular complexity index is 475. The summed E-state index contributed by atoms with van der Waals surface area (Å²) in [6, 6.07) is 4.15. The van der Waals surface area contributed by atoms with Gasteiger partial charge in [-0.25, -0.2) is 4.21 Å². The van der Waals surface area contributed by atoms with Gasteiger partial charge in [0.05, 0.1) is 16.9 Å². The van der Waals surface area contributed by atoms with Gasteiger partial charge in [0.2, 0.25) is 0 Å². The number of primary amides is 1. The molecular formula is C9H12N3O4S-. The highest BCUT2D eigenvalue weighted by atomic mass is 32.2. The molecule has 8 heteroatoms. The van der Waals surface area contributed by atoms with Gasteiger partial charge < -0.3 is 16.0 Å². The van der Waals surface area contributed by atoms with E-state index in [4.69, 9.17) is 17.2 Å². The first-order valence-corrected chi connectivity index (χ1v) is 5.51. The summed E-state index contributed by atoms with van der Waals surface area (Å²) >= 11 is -2.78. The molecule has 2 unspecified atom stereocenters. The monoisotopic (exact) mass is 258 g/mol. The van der Waals surface area contributed by atoms with Crippen LogP contribution >= 0.6 is 0 Å². The summed E-state index contributed by atoms with van der Waals surface area (Å²) in [5, 5.41) is 0. The second-order valence-corrected chi connectivity index (χ2v) is 4.14. The third-order valence-corrected chi connectivity index (χ3v) is 2.62. The van der Waals surface area contributed by atoms with E-state index in [2.05, 4.69) is 4.18 Å². The lowest BCUT2D eigenvalue weighted by Crippen LogP contribution is -2.37. The van der Waals surface area contributed by atoms with Gasteiger partial charge in [-0.05, 0) is 19.1 Å². The maximum absolute atomic E-state index is 11.1. The molecule has 94 valence electrons. The number of nitrogens with two attached hydrogens (primary N) is 3. The van der Waals surface area contributed by atoms with Gasteiger partial charge in [0.25, 0.3) is 5.91 Å². The van der Waals surface area contributed by atoms with Gasteiger partial charge in [-0.15, -0.1) is 0 Å². The third kappa shape index (κ3) is 3.24. The Hall–Kier alpha value is -1.48. The van der Waals surface area contributed by atoms with Crippen molar-refractivity contribution >= 4 is 23.0 Å². The van der Waals surface area contributed by atoms with Crippen molar-refractivity contribution in [1.29, 1.82) is 0 Å². The second kappa shape index (κ2) is 4.80. The van der Waals surface area contributed by atoms with Crippen molar-refractivity contribution in [2.45, 2.75) is 12.6 Å². The fourth-order valence-corrected chi connectivity index (χ4v) is 1.65. The molecule has 17 heavy (non-hydrogen) atoms. The van der Waals surface area contributed by atoms with E-state index in [0.29, 0.717) is 0 Å². The average molecular weight is 258 g/mol.